The van der Waals surface area contributed by atoms with E-state index >= 15 is 0 Å². The minimum atomic E-state index is 0.187. The predicted molar refractivity (Wildman–Crippen MR) is 70.2 cm³/mol. The standard InChI is InChI=1S/C13H14BrNO3/c14-10-5-8(11-3-1-2-4-15-11)12-13(9(10)6-16)18-7-17-12/h5-6,11,15H,1-4,7H2. The van der Waals surface area contributed by atoms with Gasteiger partial charge in [0.15, 0.2) is 17.8 Å². The molecule has 1 aromatic carbocycles. The Kier molecular flexibility index (Phi) is 3.26. The normalized spacial score (nSPS) is 21.9. The zero-order chi connectivity index (χ0) is 12.5. The minimum absolute atomic E-state index is 0.187. The minimum Gasteiger partial charge on any atom is -0.453 e. The lowest BCUT2D eigenvalue weighted by atomic mass is 9.95. The Morgan fingerprint density at radius 1 is 1.33 bits per heavy atom. The van der Waals surface area contributed by atoms with E-state index in [1.54, 1.807) is 0 Å². The second-order valence-electron chi connectivity index (χ2n) is 4.55. The van der Waals surface area contributed by atoms with Gasteiger partial charge in [0.1, 0.15) is 0 Å². The highest BCUT2D eigenvalue weighted by atomic mass is 79.9. The number of rotatable bonds is 2. The topological polar surface area (TPSA) is 47.6 Å². The molecule has 2 aliphatic heterocycles. The fourth-order valence-corrected chi connectivity index (χ4v) is 3.09. The van der Waals surface area contributed by atoms with Crippen molar-refractivity contribution in [2.24, 2.45) is 0 Å². The number of piperidine rings is 1. The van der Waals surface area contributed by atoms with Crippen molar-refractivity contribution in [3.63, 3.8) is 0 Å². The van der Waals surface area contributed by atoms with Crippen LogP contribution in [0.4, 0.5) is 0 Å². The fraction of sp³-hybridized carbons (Fsp3) is 0.462. The molecule has 1 aromatic rings. The van der Waals surface area contributed by atoms with Gasteiger partial charge in [-0.1, -0.05) is 6.42 Å². The van der Waals surface area contributed by atoms with Gasteiger partial charge in [-0.25, -0.2) is 0 Å². The smallest absolute Gasteiger partial charge is 0.231 e. The number of fused-ring (bicyclic) bond motifs is 1. The molecule has 1 fully saturated rings. The van der Waals surface area contributed by atoms with Gasteiger partial charge in [-0.3, -0.25) is 4.79 Å². The van der Waals surface area contributed by atoms with Crippen LogP contribution in [0.15, 0.2) is 10.5 Å². The number of carbonyl (C=O) groups excluding carboxylic acids is 1. The summed E-state index contributed by atoms with van der Waals surface area (Å²) in [6.45, 7) is 1.21. The molecule has 5 heteroatoms. The Morgan fingerprint density at radius 2 is 2.17 bits per heavy atom. The van der Waals surface area contributed by atoms with Crippen LogP contribution in [0.2, 0.25) is 0 Å². The number of hydrogen-bond acceptors (Lipinski definition) is 4. The van der Waals surface area contributed by atoms with Gasteiger partial charge in [0, 0.05) is 16.1 Å². The first-order valence-corrected chi connectivity index (χ1v) is 6.91. The van der Waals surface area contributed by atoms with Gasteiger partial charge in [-0.2, -0.15) is 0 Å². The molecular weight excluding hydrogens is 298 g/mol. The summed E-state index contributed by atoms with van der Waals surface area (Å²) < 4.78 is 11.7. The average molecular weight is 312 g/mol. The molecule has 1 unspecified atom stereocenters. The highest BCUT2D eigenvalue weighted by molar-refractivity contribution is 9.10. The molecule has 0 bridgehead atoms. The number of carbonyl (C=O) groups is 1. The van der Waals surface area contributed by atoms with Crippen molar-refractivity contribution in [2.45, 2.75) is 25.3 Å². The van der Waals surface area contributed by atoms with Crippen LogP contribution in [0.1, 0.15) is 41.2 Å². The molecule has 3 rings (SSSR count). The van der Waals surface area contributed by atoms with Gasteiger partial charge in [0.2, 0.25) is 6.79 Å². The van der Waals surface area contributed by atoms with Crippen molar-refractivity contribution in [3.8, 4) is 11.5 Å². The number of nitrogens with one attached hydrogen (secondary N) is 1. The number of hydrogen-bond donors (Lipinski definition) is 1. The summed E-state index contributed by atoms with van der Waals surface area (Å²) in [4.78, 5) is 11.1. The quantitative estimate of drug-likeness (QED) is 0.853. The van der Waals surface area contributed by atoms with E-state index in [4.69, 9.17) is 9.47 Å². The summed E-state index contributed by atoms with van der Waals surface area (Å²) in [7, 11) is 0. The summed E-state index contributed by atoms with van der Waals surface area (Å²) in [5.41, 5.74) is 1.61. The summed E-state index contributed by atoms with van der Waals surface area (Å²) in [5, 5.41) is 3.49. The van der Waals surface area contributed by atoms with E-state index in [2.05, 4.69) is 21.2 Å². The van der Waals surface area contributed by atoms with E-state index in [0.717, 1.165) is 35.0 Å². The summed E-state index contributed by atoms with van der Waals surface area (Å²) in [5.74, 6) is 1.29. The van der Waals surface area contributed by atoms with Gasteiger partial charge in [-0.05, 0) is 41.4 Å². The fourth-order valence-electron chi connectivity index (χ4n) is 2.57. The average Bonchev–Trinajstić information content (AvgIpc) is 2.88. The lowest BCUT2D eigenvalue weighted by molar-refractivity contribution is 0.111. The third-order valence-corrected chi connectivity index (χ3v) is 4.12. The van der Waals surface area contributed by atoms with Gasteiger partial charge in [0.05, 0.1) is 5.56 Å². The van der Waals surface area contributed by atoms with Gasteiger partial charge < -0.3 is 14.8 Å². The highest BCUT2D eigenvalue weighted by Crippen LogP contribution is 2.45. The maximum Gasteiger partial charge on any atom is 0.231 e. The third-order valence-electron chi connectivity index (χ3n) is 3.46. The van der Waals surface area contributed by atoms with E-state index in [0.29, 0.717) is 11.3 Å². The van der Waals surface area contributed by atoms with Crippen molar-refractivity contribution in [3.05, 3.63) is 21.7 Å². The summed E-state index contributed by atoms with van der Waals surface area (Å²) in [6, 6.07) is 2.26. The first-order chi connectivity index (χ1) is 8.81. The Morgan fingerprint density at radius 3 is 2.89 bits per heavy atom. The Balaban J connectivity index is 2.07. The first-order valence-electron chi connectivity index (χ1n) is 6.12. The first kappa shape index (κ1) is 12.0. The van der Waals surface area contributed by atoms with Crippen LogP contribution in [0, 0.1) is 0 Å². The van der Waals surface area contributed by atoms with E-state index < -0.39 is 0 Å². The van der Waals surface area contributed by atoms with Crippen LogP contribution >= 0.6 is 15.9 Å². The molecule has 1 saturated heterocycles. The van der Waals surface area contributed by atoms with Crippen LogP contribution in [0.25, 0.3) is 0 Å². The second-order valence-corrected chi connectivity index (χ2v) is 5.40. The van der Waals surface area contributed by atoms with Gasteiger partial charge in [0.25, 0.3) is 0 Å². The molecule has 96 valence electrons. The van der Waals surface area contributed by atoms with Crippen LogP contribution in [-0.2, 0) is 0 Å². The molecule has 0 radical (unpaired) electrons. The maximum atomic E-state index is 11.1. The Labute approximate surface area is 114 Å². The van der Waals surface area contributed by atoms with E-state index in [1.165, 1.54) is 12.8 Å². The van der Waals surface area contributed by atoms with E-state index in [-0.39, 0.29) is 12.8 Å². The summed E-state index contributed by atoms with van der Waals surface area (Å²) >= 11 is 3.43. The molecule has 0 aliphatic carbocycles. The van der Waals surface area contributed by atoms with Gasteiger partial charge in [-0.15, -0.1) is 0 Å². The third kappa shape index (κ3) is 1.91. The van der Waals surface area contributed by atoms with Crippen molar-refractivity contribution in [2.75, 3.05) is 13.3 Å². The zero-order valence-electron chi connectivity index (χ0n) is 9.87. The van der Waals surface area contributed by atoms with Crippen LogP contribution in [0.3, 0.4) is 0 Å². The molecule has 2 aliphatic rings. The Hall–Kier alpha value is -1.07. The summed E-state index contributed by atoms with van der Waals surface area (Å²) in [6.07, 6.45) is 4.31. The molecule has 1 atom stereocenters. The monoisotopic (exact) mass is 311 g/mol. The van der Waals surface area contributed by atoms with Crippen molar-refractivity contribution < 1.29 is 14.3 Å². The highest BCUT2D eigenvalue weighted by Gasteiger charge is 2.28. The van der Waals surface area contributed by atoms with Crippen molar-refractivity contribution >= 4 is 22.2 Å². The Bertz CT molecular complexity index is 484. The zero-order valence-corrected chi connectivity index (χ0v) is 11.5. The maximum absolute atomic E-state index is 11.1. The lowest BCUT2D eigenvalue weighted by Gasteiger charge is -2.25. The number of ether oxygens (including phenoxy) is 2. The predicted octanol–water partition coefficient (Wildman–Crippen LogP) is 2.80. The van der Waals surface area contributed by atoms with Crippen LogP contribution in [0.5, 0.6) is 11.5 Å². The molecule has 1 N–H and O–H groups in total. The molecule has 0 spiro atoms. The second kappa shape index (κ2) is 4.90. The van der Waals surface area contributed by atoms with E-state index in [9.17, 15) is 4.79 Å². The number of benzene rings is 1. The molecule has 4 nitrogen and oxygen atoms in total. The SMILES string of the molecule is O=Cc1c(Br)cc(C2CCCCN2)c2c1OCO2. The number of halogens is 1. The molecule has 18 heavy (non-hydrogen) atoms. The van der Waals surface area contributed by atoms with Crippen LogP contribution in [-0.4, -0.2) is 19.6 Å². The molecule has 0 aromatic heterocycles. The molecule has 2 heterocycles. The van der Waals surface area contributed by atoms with Gasteiger partial charge >= 0.3 is 0 Å². The lowest BCUT2D eigenvalue weighted by Crippen LogP contribution is -2.27. The molecular formula is C13H14BrNO3. The number of aldehydes is 1. The van der Waals surface area contributed by atoms with Crippen LogP contribution < -0.4 is 14.8 Å². The molecule has 0 amide bonds. The molecule has 0 saturated carbocycles. The van der Waals surface area contributed by atoms with E-state index in [1.807, 2.05) is 6.07 Å². The van der Waals surface area contributed by atoms with Crippen molar-refractivity contribution in [1.82, 2.24) is 5.32 Å². The van der Waals surface area contributed by atoms with Crippen molar-refractivity contribution in [1.29, 1.82) is 0 Å². The largest absolute Gasteiger partial charge is 0.453 e.